The van der Waals surface area contributed by atoms with E-state index in [4.69, 9.17) is 5.11 Å². The van der Waals surface area contributed by atoms with Crippen molar-refractivity contribution < 1.29 is 9.90 Å². The van der Waals surface area contributed by atoms with Gasteiger partial charge in [0.25, 0.3) is 0 Å². The fourth-order valence-corrected chi connectivity index (χ4v) is 1.49. The van der Waals surface area contributed by atoms with Crippen LogP contribution in [0.15, 0.2) is 0 Å². The second-order valence-electron chi connectivity index (χ2n) is 1.92. The first-order valence-corrected chi connectivity index (χ1v) is 4.61. The number of aliphatic carboxylic acids is 1. The highest BCUT2D eigenvalue weighted by atomic mass is 31.1. The predicted molar refractivity (Wildman–Crippen MR) is 40.6 cm³/mol. The summed E-state index contributed by atoms with van der Waals surface area (Å²) in [5.74, 6) is -0.663. The molecule has 1 N–H and O–H groups in total. The minimum absolute atomic E-state index is 0.361. The van der Waals surface area contributed by atoms with Crippen molar-refractivity contribution in [1.82, 2.24) is 0 Å². The zero-order valence-electron chi connectivity index (χ0n) is 5.68. The Bertz CT molecular complexity index is 83.1. The molecule has 0 rings (SSSR count). The Morgan fingerprint density at radius 1 is 1.67 bits per heavy atom. The summed E-state index contributed by atoms with van der Waals surface area (Å²) >= 11 is 0. The average molecular weight is 148 g/mol. The van der Waals surface area contributed by atoms with E-state index in [2.05, 4.69) is 6.92 Å². The molecule has 0 heterocycles. The van der Waals surface area contributed by atoms with Crippen LogP contribution in [0.3, 0.4) is 0 Å². The van der Waals surface area contributed by atoms with Gasteiger partial charge < -0.3 is 5.11 Å². The molecule has 1 unspecified atom stereocenters. The van der Waals surface area contributed by atoms with Crippen LogP contribution in [-0.2, 0) is 4.79 Å². The van der Waals surface area contributed by atoms with E-state index in [1.807, 2.05) is 0 Å². The van der Waals surface area contributed by atoms with Crippen molar-refractivity contribution >= 4 is 14.6 Å². The van der Waals surface area contributed by atoms with Gasteiger partial charge in [-0.25, -0.2) is 0 Å². The zero-order chi connectivity index (χ0) is 7.11. The van der Waals surface area contributed by atoms with Crippen molar-refractivity contribution in [3.63, 3.8) is 0 Å². The maximum atomic E-state index is 9.97. The minimum atomic E-state index is -0.663. The van der Waals surface area contributed by atoms with Gasteiger partial charge in [-0.05, 0) is 12.6 Å². The first kappa shape index (κ1) is 8.90. The lowest BCUT2D eigenvalue weighted by Gasteiger charge is -1.93. The summed E-state index contributed by atoms with van der Waals surface area (Å²) in [6.45, 7) is 2.12. The number of unbranched alkanes of at least 4 members (excludes halogenated alkanes) is 1. The van der Waals surface area contributed by atoms with Crippen LogP contribution >= 0.6 is 8.58 Å². The number of carboxylic acid groups (broad SMARTS) is 1. The molecule has 0 amide bonds. The molecule has 0 aromatic heterocycles. The van der Waals surface area contributed by atoms with E-state index >= 15 is 0 Å². The summed E-state index contributed by atoms with van der Waals surface area (Å²) in [5.41, 5.74) is 0. The highest BCUT2D eigenvalue weighted by molar-refractivity contribution is 7.39. The Balaban J connectivity index is 2.83. The lowest BCUT2D eigenvalue weighted by Crippen LogP contribution is -1.96. The second-order valence-corrected chi connectivity index (χ2v) is 3.28. The van der Waals surface area contributed by atoms with E-state index in [0.717, 1.165) is 6.16 Å². The summed E-state index contributed by atoms with van der Waals surface area (Å²) in [6.07, 6.45) is 3.79. The van der Waals surface area contributed by atoms with E-state index in [1.54, 1.807) is 0 Å². The SMILES string of the molecule is CCCCPCC(=O)O. The first-order valence-electron chi connectivity index (χ1n) is 3.20. The Labute approximate surface area is 57.4 Å². The van der Waals surface area contributed by atoms with Gasteiger partial charge in [-0.2, -0.15) is 0 Å². The Kier molecular flexibility index (Phi) is 5.96. The van der Waals surface area contributed by atoms with E-state index < -0.39 is 5.97 Å². The molecule has 54 valence electrons. The molecular formula is C6H13O2P. The van der Waals surface area contributed by atoms with Crippen LogP contribution in [0.5, 0.6) is 0 Å². The van der Waals surface area contributed by atoms with Crippen LogP contribution in [0.2, 0.25) is 0 Å². The van der Waals surface area contributed by atoms with Crippen LogP contribution in [0.1, 0.15) is 19.8 Å². The number of carboxylic acids is 1. The maximum Gasteiger partial charge on any atom is 0.307 e. The number of hydrogen-bond acceptors (Lipinski definition) is 1. The van der Waals surface area contributed by atoms with E-state index in [9.17, 15) is 4.79 Å². The Morgan fingerprint density at radius 2 is 2.33 bits per heavy atom. The molecule has 1 atom stereocenters. The van der Waals surface area contributed by atoms with Crippen molar-refractivity contribution in [3.8, 4) is 0 Å². The predicted octanol–water partition coefficient (Wildman–Crippen LogP) is 1.55. The third-order valence-electron chi connectivity index (χ3n) is 0.983. The summed E-state index contributed by atoms with van der Waals surface area (Å²) in [4.78, 5) is 9.97. The standard InChI is InChI=1S/C6H13O2P/c1-2-3-4-9-5-6(7)8/h9H,2-5H2,1H3,(H,7,8). The quantitative estimate of drug-likeness (QED) is 0.474. The molecule has 0 bridgehead atoms. The third-order valence-corrected chi connectivity index (χ3v) is 2.24. The first-order chi connectivity index (χ1) is 4.27. The molecule has 0 aliphatic carbocycles. The highest BCUT2D eigenvalue weighted by Gasteiger charge is 1.93. The van der Waals surface area contributed by atoms with Crippen LogP contribution in [-0.4, -0.2) is 23.4 Å². The van der Waals surface area contributed by atoms with Gasteiger partial charge in [-0.3, -0.25) is 4.79 Å². The summed E-state index contributed by atoms with van der Waals surface area (Å²) in [6, 6.07) is 0. The molecule has 2 nitrogen and oxygen atoms in total. The monoisotopic (exact) mass is 148 g/mol. The van der Waals surface area contributed by atoms with Crippen LogP contribution in [0.25, 0.3) is 0 Å². The fourth-order valence-electron chi connectivity index (χ4n) is 0.497. The third kappa shape index (κ3) is 7.90. The van der Waals surface area contributed by atoms with Gasteiger partial charge in [0.15, 0.2) is 0 Å². The van der Waals surface area contributed by atoms with Crippen molar-refractivity contribution in [2.45, 2.75) is 19.8 Å². The molecule has 0 aliphatic heterocycles. The molecule has 0 aliphatic rings. The minimum Gasteiger partial charge on any atom is -0.481 e. The number of rotatable bonds is 5. The Hall–Kier alpha value is -0.100. The summed E-state index contributed by atoms with van der Waals surface area (Å²) in [5, 5.41) is 8.22. The maximum absolute atomic E-state index is 9.97. The van der Waals surface area contributed by atoms with Gasteiger partial charge in [-0.15, -0.1) is 8.58 Å². The number of hydrogen-bond donors (Lipinski definition) is 1. The highest BCUT2D eigenvalue weighted by Crippen LogP contribution is 2.10. The largest absolute Gasteiger partial charge is 0.481 e. The van der Waals surface area contributed by atoms with Crippen molar-refractivity contribution in [1.29, 1.82) is 0 Å². The molecule has 0 aromatic carbocycles. The van der Waals surface area contributed by atoms with E-state index in [1.165, 1.54) is 12.8 Å². The summed E-state index contributed by atoms with van der Waals surface area (Å²) in [7, 11) is 0.620. The molecule has 0 aromatic rings. The zero-order valence-corrected chi connectivity index (χ0v) is 6.68. The van der Waals surface area contributed by atoms with Crippen LogP contribution < -0.4 is 0 Å². The molecule has 0 spiro atoms. The normalized spacial score (nSPS) is 10.8. The van der Waals surface area contributed by atoms with Crippen LogP contribution in [0.4, 0.5) is 0 Å². The van der Waals surface area contributed by atoms with Gasteiger partial charge >= 0.3 is 5.97 Å². The second kappa shape index (κ2) is 6.03. The van der Waals surface area contributed by atoms with Gasteiger partial charge in [0.05, 0.1) is 6.16 Å². The molecule has 0 fully saturated rings. The molecule has 0 saturated heterocycles. The van der Waals surface area contributed by atoms with Gasteiger partial charge in [0.2, 0.25) is 0 Å². The Morgan fingerprint density at radius 3 is 2.78 bits per heavy atom. The molecule has 0 saturated carbocycles. The van der Waals surface area contributed by atoms with Gasteiger partial charge in [0, 0.05) is 0 Å². The summed E-state index contributed by atoms with van der Waals surface area (Å²) < 4.78 is 0. The molecule has 9 heavy (non-hydrogen) atoms. The number of carbonyl (C=O) groups is 1. The molecule has 3 heteroatoms. The van der Waals surface area contributed by atoms with Gasteiger partial charge in [-0.1, -0.05) is 13.3 Å². The van der Waals surface area contributed by atoms with Gasteiger partial charge in [0.1, 0.15) is 0 Å². The smallest absolute Gasteiger partial charge is 0.307 e. The van der Waals surface area contributed by atoms with Crippen molar-refractivity contribution in [3.05, 3.63) is 0 Å². The molecule has 0 radical (unpaired) electrons. The van der Waals surface area contributed by atoms with Crippen molar-refractivity contribution in [2.75, 3.05) is 12.3 Å². The van der Waals surface area contributed by atoms with E-state index in [0.29, 0.717) is 14.7 Å². The molecular weight excluding hydrogens is 135 g/mol. The van der Waals surface area contributed by atoms with E-state index in [-0.39, 0.29) is 0 Å². The fraction of sp³-hybridized carbons (Fsp3) is 0.833. The topological polar surface area (TPSA) is 37.3 Å². The average Bonchev–Trinajstić information content (AvgIpc) is 1.80. The lowest BCUT2D eigenvalue weighted by molar-refractivity contribution is -0.133. The lowest BCUT2D eigenvalue weighted by atomic mass is 10.4. The van der Waals surface area contributed by atoms with Crippen LogP contribution in [0, 0.1) is 0 Å². The van der Waals surface area contributed by atoms with Crippen molar-refractivity contribution in [2.24, 2.45) is 0 Å².